The minimum Gasteiger partial charge on any atom is -0.491 e. The van der Waals surface area contributed by atoms with Crippen LogP contribution in [0.4, 0.5) is 26.3 Å². The Morgan fingerprint density at radius 1 is 0.761 bits per heavy atom. The van der Waals surface area contributed by atoms with Crippen molar-refractivity contribution in [3.8, 4) is 34.0 Å². The highest BCUT2D eigenvalue weighted by molar-refractivity contribution is 5.69. The molecule has 46 heavy (non-hydrogen) atoms. The molecule has 0 amide bonds. The summed E-state index contributed by atoms with van der Waals surface area (Å²) in [6.45, 7) is 3.96. The van der Waals surface area contributed by atoms with Crippen molar-refractivity contribution in [2.75, 3.05) is 6.61 Å². The van der Waals surface area contributed by atoms with E-state index in [2.05, 4.69) is 21.6 Å². The van der Waals surface area contributed by atoms with E-state index in [0.717, 1.165) is 42.5 Å². The molecule has 0 atom stereocenters. The van der Waals surface area contributed by atoms with Crippen molar-refractivity contribution in [1.29, 1.82) is 0 Å². The van der Waals surface area contributed by atoms with Crippen LogP contribution in [-0.4, -0.2) is 16.6 Å². The fraction of sp³-hybridized carbons (Fsp3) is 0.389. The summed E-state index contributed by atoms with van der Waals surface area (Å²) in [6.07, 6.45) is 8.67. The summed E-state index contributed by atoms with van der Waals surface area (Å²) in [4.78, 5) is 8.88. The molecule has 1 aromatic heterocycles. The Kier molecular flexibility index (Phi) is 10.5. The largest absolute Gasteiger partial charge is 0.491 e. The molecule has 4 aromatic rings. The number of hydrogen-bond acceptors (Lipinski definition) is 4. The number of hydrogen-bond donors (Lipinski definition) is 0. The van der Waals surface area contributed by atoms with E-state index in [1.807, 2.05) is 0 Å². The van der Waals surface area contributed by atoms with Crippen LogP contribution in [0, 0.1) is 29.2 Å². The number of unbranched alkanes of at least 4 members (excludes halogenated alkanes) is 2. The maximum absolute atomic E-state index is 15.2. The summed E-state index contributed by atoms with van der Waals surface area (Å²) in [5.41, 5.74) is -0.800. The van der Waals surface area contributed by atoms with Crippen LogP contribution in [0.3, 0.4) is 0 Å². The van der Waals surface area contributed by atoms with Gasteiger partial charge in [-0.25, -0.2) is 27.5 Å². The lowest BCUT2D eigenvalue weighted by molar-refractivity contribution is -0.189. The van der Waals surface area contributed by atoms with Gasteiger partial charge in [0.25, 0.3) is 0 Å². The number of benzene rings is 3. The first-order valence-corrected chi connectivity index (χ1v) is 15.7. The van der Waals surface area contributed by atoms with E-state index in [1.54, 1.807) is 19.3 Å². The van der Waals surface area contributed by atoms with E-state index in [0.29, 0.717) is 29.7 Å². The van der Waals surface area contributed by atoms with Crippen LogP contribution in [0.2, 0.25) is 0 Å². The summed E-state index contributed by atoms with van der Waals surface area (Å²) in [5, 5.41) is 0. The van der Waals surface area contributed by atoms with Crippen LogP contribution < -0.4 is 9.47 Å². The molecule has 1 aliphatic rings. The van der Waals surface area contributed by atoms with E-state index in [9.17, 15) is 22.0 Å². The number of halogens is 6. The minimum atomic E-state index is -4.51. The van der Waals surface area contributed by atoms with E-state index in [-0.39, 0.29) is 29.3 Å². The Hall–Kier alpha value is -4.08. The fourth-order valence-corrected chi connectivity index (χ4v) is 6.08. The van der Waals surface area contributed by atoms with E-state index >= 15 is 4.39 Å². The molecule has 0 saturated heterocycles. The van der Waals surface area contributed by atoms with Crippen LogP contribution in [0.5, 0.6) is 11.5 Å². The van der Waals surface area contributed by atoms with Crippen molar-refractivity contribution in [3.05, 3.63) is 95.3 Å². The van der Waals surface area contributed by atoms with Gasteiger partial charge in [-0.1, -0.05) is 44.7 Å². The van der Waals surface area contributed by atoms with Crippen LogP contribution in [0.15, 0.2) is 60.9 Å². The SMILES string of the molecule is CCCCCC1CCC(c2cnc(-c3ccc(-c4cc(F)c(C(F)(F)Oc5ccc(OCC)c(F)c5)c(F)c4)c(F)c3)nc2)CC1. The minimum absolute atomic E-state index is 0.139. The Morgan fingerprint density at radius 3 is 2.04 bits per heavy atom. The molecular formula is C36H36F6N2O2. The summed E-state index contributed by atoms with van der Waals surface area (Å²) in [5.74, 6) is -4.55. The lowest BCUT2D eigenvalue weighted by atomic mass is 9.77. The molecule has 0 bridgehead atoms. The smallest absolute Gasteiger partial charge is 0.432 e. The standard InChI is InChI=1S/C36H36F6N2O2/c1-3-5-6-7-22-8-10-23(11-9-22)26-20-43-35(44-21-26)24-12-14-28(29(37)16-24)25-17-31(39)34(32(40)18-25)36(41,42)46-27-13-15-33(45-4-2)30(38)19-27/h12-23H,3-11H2,1-2H3. The first kappa shape index (κ1) is 33.3. The second-order valence-corrected chi connectivity index (χ2v) is 11.7. The third-order valence-corrected chi connectivity index (χ3v) is 8.53. The Bertz CT molecular complexity index is 1620. The molecule has 1 heterocycles. The van der Waals surface area contributed by atoms with Gasteiger partial charge < -0.3 is 9.47 Å². The van der Waals surface area contributed by atoms with Gasteiger partial charge in [0.05, 0.1) is 6.61 Å². The van der Waals surface area contributed by atoms with Gasteiger partial charge in [0, 0.05) is 29.6 Å². The van der Waals surface area contributed by atoms with E-state index < -0.39 is 40.7 Å². The molecule has 1 aliphatic carbocycles. The van der Waals surface area contributed by atoms with Crippen molar-refractivity contribution in [2.24, 2.45) is 5.92 Å². The van der Waals surface area contributed by atoms with Crippen LogP contribution in [0.1, 0.15) is 82.3 Å². The number of ether oxygens (including phenoxy) is 2. The Labute approximate surface area is 264 Å². The lowest BCUT2D eigenvalue weighted by Crippen LogP contribution is -2.25. The molecule has 1 saturated carbocycles. The predicted octanol–water partition coefficient (Wildman–Crippen LogP) is 10.7. The van der Waals surface area contributed by atoms with Gasteiger partial charge in [-0.3, -0.25) is 0 Å². The van der Waals surface area contributed by atoms with Gasteiger partial charge in [-0.2, -0.15) is 8.78 Å². The van der Waals surface area contributed by atoms with Crippen LogP contribution >= 0.6 is 0 Å². The van der Waals surface area contributed by atoms with Crippen molar-refractivity contribution < 1.29 is 35.8 Å². The molecule has 0 radical (unpaired) electrons. The number of alkyl halides is 2. The van der Waals surface area contributed by atoms with E-state index in [1.165, 1.54) is 50.7 Å². The normalized spacial score (nSPS) is 16.8. The maximum Gasteiger partial charge on any atom is 0.432 e. The molecule has 5 rings (SSSR count). The zero-order valence-corrected chi connectivity index (χ0v) is 25.8. The van der Waals surface area contributed by atoms with Crippen LogP contribution in [0.25, 0.3) is 22.5 Å². The summed E-state index contributed by atoms with van der Waals surface area (Å²) in [6, 6.07) is 7.77. The topological polar surface area (TPSA) is 44.2 Å². The highest BCUT2D eigenvalue weighted by Gasteiger charge is 2.41. The maximum atomic E-state index is 15.2. The van der Waals surface area contributed by atoms with Crippen molar-refractivity contribution in [1.82, 2.24) is 9.97 Å². The summed E-state index contributed by atoms with van der Waals surface area (Å²) in [7, 11) is 0. The molecular weight excluding hydrogens is 606 g/mol. The van der Waals surface area contributed by atoms with Crippen molar-refractivity contribution in [2.45, 2.75) is 77.2 Å². The van der Waals surface area contributed by atoms with Crippen molar-refractivity contribution in [3.63, 3.8) is 0 Å². The highest BCUT2D eigenvalue weighted by Crippen LogP contribution is 2.40. The molecule has 244 valence electrons. The number of nitrogens with zero attached hydrogens (tertiary/aromatic N) is 2. The first-order chi connectivity index (χ1) is 22.1. The molecule has 0 N–H and O–H groups in total. The average Bonchev–Trinajstić information content (AvgIpc) is 3.02. The zero-order valence-electron chi connectivity index (χ0n) is 25.8. The quantitative estimate of drug-likeness (QED) is 0.114. The fourth-order valence-electron chi connectivity index (χ4n) is 6.08. The van der Waals surface area contributed by atoms with Gasteiger partial charge in [-0.15, -0.1) is 0 Å². The zero-order chi connectivity index (χ0) is 32.8. The average molecular weight is 643 g/mol. The van der Waals surface area contributed by atoms with Crippen LogP contribution in [-0.2, 0) is 6.11 Å². The third-order valence-electron chi connectivity index (χ3n) is 8.53. The van der Waals surface area contributed by atoms with Gasteiger partial charge >= 0.3 is 6.11 Å². The Balaban J connectivity index is 1.28. The number of rotatable bonds is 12. The molecule has 4 nitrogen and oxygen atoms in total. The summed E-state index contributed by atoms with van der Waals surface area (Å²) < 4.78 is 98.5. The second kappa shape index (κ2) is 14.6. The number of aromatic nitrogens is 2. The second-order valence-electron chi connectivity index (χ2n) is 11.7. The molecule has 0 aliphatic heterocycles. The van der Waals surface area contributed by atoms with Crippen molar-refractivity contribution >= 4 is 0 Å². The molecule has 0 unspecified atom stereocenters. The summed E-state index contributed by atoms with van der Waals surface area (Å²) >= 11 is 0. The molecule has 0 spiro atoms. The third kappa shape index (κ3) is 7.65. The Morgan fingerprint density at radius 2 is 1.43 bits per heavy atom. The van der Waals surface area contributed by atoms with Gasteiger partial charge in [0.1, 0.15) is 28.8 Å². The van der Waals surface area contributed by atoms with E-state index in [4.69, 9.17) is 4.74 Å². The molecule has 1 fully saturated rings. The monoisotopic (exact) mass is 642 g/mol. The lowest BCUT2D eigenvalue weighted by Gasteiger charge is -2.28. The van der Waals surface area contributed by atoms with Gasteiger partial charge in [0.15, 0.2) is 17.4 Å². The van der Waals surface area contributed by atoms with Gasteiger partial charge in [0.2, 0.25) is 0 Å². The molecule has 3 aromatic carbocycles. The highest BCUT2D eigenvalue weighted by atomic mass is 19.3. The van der Waals surface area contributed by atoms with Gasteiger partial charge in [-0.05, 0) is 85.9 Å². The first-order valence-electron chi connectivity index (χ1n) is 15.7. The predicted molar refractivity (Wildman–Crippen MR) is 164 cm³/mol. The molecule has 10 heteroatoms.